The van der Waals surface area contributed by atoms with E-state index < -0.39 is 0 Å². The summed E-state index contributed by atoms with van der Waals surface area (Å²) in [6.45, 7) is 1.06. The zero-order chi connectivity index (χ0) is 11.2. The minimum Gasteiger partial charge on any atom is -0.294 e. The molecule has 0 saturated carbocycles. The molecule has 84 valence electrons. The van der Waals surface area contributed by atoms with Crippen molar-refractivity contribution in [2.75, 3.05) is 13.6 Å². The minimum absolute atomic E-state index is 0.206. The number of piperidine rings is 1. The highest BCUT2D eigenvalue weighted by atomic mass is 16.1. The van der Waals surface area contributed by atoms with Crippen LogP contribution in [0.1, 0.15) is 35.2 Å². The second kappa shape index (κ2) is 3.42. The molecule has 1 aromatic rings. The van der Waals surface area contributed by atoms with Gasteiger partial charge in [-0.15, -0.1) is 0 Å². The van der Waals surface area contributed by atoms with Crippen LogP contribution in [0.4, 0.5) is 0 Å². The van der Waals surface area contributed by atoms with Crippen molar-refractivity contribution in [3.63, 3.8) is 0 Å². The molecule has 2 heteroatoms. The summed E-state index contributed by atoms with van der Waals surface area (Å²) in [5, 5.41) is 0. The predicted molar refractivity (Wildman–Crippen MR) is 63.7 cm³/mol. The number of hydrogen-bond acceptors (Lipinski definition) is 2. The van der Waals surface area contributed by atoms with Crippen LogP contribution in [0.5, 0.6) is 0 Å². The van der Waals surface area contributed by atoms with Gasteiger partial charge in [0.05, 0.1) is 5.54 Å². The summed E-state index contributed by atoms with van der Waals surface area (Å²) in [6.07, 6.45) is 4.35. The molecule has 16 heavy (non-hydrogen) atoms. The van der Waals surface area contributed by atoms with E-state index in [0.717, 1.165) is 24.9 Å². The van der Waals surface area contributed by atoms with E-state index >= 15 is 0 Å². The molecule has 0 amide bonds. The van der Waals surface area contributed by atoms with Crippen molar-refractivity contribution in [1.29, 1.82) is 0 Å². The molecule has 2 nitrogen and oxygen atoms in total. The van der Waals surface area contributed by atoms with E-state index in [1.807, 2.05) is 18.2 Å². The normalized spacial score (nSPS) is 29.7. The third-order valence-electron chi connectivity index (χ3n) is 4.23. The summed E-state index contributed by atoms with van der Waals surface area (Å²) in [4.78, 5) is 14.8. The third kappa shape index (κ3) is 1.20. The lowest BCUT2D eigenvalue weighted by molar-refractivity contribution is 0.0523. The summed E-state index contributed by atoms with van der Waals surface area (Å²) >= 11 is 0. The smallest absolute Gasteiger partial charge is 0.183 e. The number of likely N-dealkylation sites (N-methyl/N-ethyl adjacent to an activating group) is 1. The molecule has 1 aliphatic carbocycles. The fourth-order valence-corrected chi connectivity index (χ4v) is 3.22. The maximum absolute atomic E-state index is 12.5. The van der Waals surface area contributed by atoms with Crippen molar-refractivity contribution in [2.45, 2.75) is 31.2 Å². The number of fused-ring (bicyclic) bond motifs is 1. The minimum atomic E-state index is -0.206. The molecule has 1 atom stereocenters. The van der Waals surface area contributed by atoms with E-state index in [0.29, 0.717) is 5.78 Å². The quantitative estimate of drug-likeness (QED) is 0.661. The zero-order valence-electron chi connectivity index (χ0n) is 9.70. The zero-order valence-corrected chi connectivity index (χ0v) is 9.70. The van der Waals surface area contributed by atoms with Crippen LogP contribution in [0.2, 0.25) is 0 Å². The number of ketones is 1. The van der Waals surface area contributed by atoms with Crippen LogP contribution in [0.3, 0.4) is 0 Å². The molecule has 1 aliphatic heterocycles. The van der Waals surface area contributed by atoms with Gasteiger partial charge in [0.1, 0.15) is 0 Å². The Labute approximate surface area is 96.3 Å². The first-order valence-electron chi connectivity index (χ1n) is 6.08. The van der Waals surface area contributed by atoms with Gasteiger partial charge in [0.15, 0.2) is 5.78 Å². The molecular weight excluding hydrogens is 198 g/mol. The summed E-state index contributed by atoms with van der Waals surface area (Å²) in [7, 11) is 2.10. The lowest BCUT2D eigenvalue weighted by atomic mass is 9.83. The van der Waals surface area contributed by atoms with Gasteiger partial charge in [0.2, 0.25) is 0 Å². The van der Waals surface area contributed by atoms with Crippen molar-refractivity contribution < 1.29 is 4.79 Å². The van der Waals surface area contributed by atoms with Crippen LogP contribution in [0, 0.1) is 0 Å². The van der Waals surface area contributed by atoms with Crippen LogP contribution in [-0.4, -0.2) is 29.8 Å². The summed E-state index contributed by atoms with van der Waals surface area (Å²) < 4.78 is 0. The maximum Gasteiger partial charge on any atom is 0.183 e. The molecule has 0 N–H and O–H groups in total. The number of hydrogen-bond donors (Lipinski definition) is 0. The van der Waals surface area contributed by atoms with Gasteiger partial charge in [-0.05, 0) is 44.8 Å². The van der Waals surface area contributed by atoms with E-state index in [9.17, 15) is 4.79 Å². The Kier molecular flexibility index (Phi) is 2.15. The highest BCUT2D eigenvalue weighted by Gasteiger charge is 2.48. The van der Waals surface area contributed by atoms with Crippen LogP contribution in [-0.2, 0) is 6.42 Å². The Morgan fingerprint density at radius 1 is 1.25 bits per heavy atom. The number of likely N-dealkylation sites (tertiary alicyclic amines) is 1. The van der Waals surface area contributed by atoms with Crippen LogP contribution in [0.25, 0.3) is 0 Å². The fraction of sp³-hybridized carbons (Fsp3) is 0.500. The highest BCUT2D eigenvalue weighted by molar-refractivity contribution is 6.07. The Morgan fingerprint density at radius 3 is 2.81 bits per heavy atom. The first-order valence-corrected chi connectivity index (χ1v) is 6.08. The van der Waals surface area contributed by atoms with Gasteiger partial charge >= 0.3 is 0 Å². The van der Waals surface area contributed by atoms with Crippen LogP contribution >= 0.6 is 0 Å². The summed E-state index contributed by atoms with van der Waals surface area (Å²) in [6, 6.07) is 8.09. The molecule has 1 unspecified atom stereocenters. The first kappa shape index (κ1) is 10.0. The van der Waals surface area contributed by atoms with Crippen LogP contribution in [0.15, 0.2) is 24.3 Å². The monoisotopic (exact) mass is 215 g/mol. The first-order chi connectivity index (χ1) is 7.74. The summed E-state index contributed by atoms with van der Waals surface area (Å²) in [5.41, 5.74) is 1.99. The van der Waals surface area contributed by atoms with E-state index in [4.69, 9.17) is 0 Å². The molecule has 1 fully saturated rings. The Balaban J connectivity index is 2.05. The molecule has 0 radical (unpaired) electrons. The van der Waals surface area contributed by atoms with Gasteiger partial charge in [-0.2, -0.15) is 0 Å². The lowest BCUT2D eigenvalue weighted by Gasteiger charge is -2.41. The van der Waals surface area contributed by atoms with E-state index in [1.165, 1.54) is 18.4 Å². The number of Topliss-reactive ketones (excluding diaryl/α,β-unsaturated/α-hetero) is 1. The molecule has 2 aliphatic rings. The van der Waals surface area contributed by atoms with Crippen molar-refractivity contribution >= 4 is 5.78 Å². The van der Waals surface area contributed by atoms with Gasteiger partial charge in [-0.3, -0.25) is 9.69 Å². The second-order valence-electron chi connectivity index (χ2n) is 5.07. The molecular formula is C14H17NO. The predicted octanol–water partition coefficient (Wildman–Crippen LogP) is 2.28. The third-order valence-corrected chi connectivity index (χ3v) is 4.23. The van der Waals surface area contributed by atoms with E-state index in [-0.39, 0.29) is 5.54 Å². The Bertz CT molecular complexity index is 440. The number of rotatable bonds is 0. The van der Waals surface area contributed by atoms with E-state index in [1.54, 1.807) is 0 Å². The lowest BCUT2D eigenvalue weighted by Crippen LogP contribution is -2.54. The number of benzene rings is 1. The van der Waals surface area contributed by atoms with Crippen molar-refractivity contribution in [1.82, 2.24) is 4.90 Å². The SMILES string of the molecule is CN1CCCCC12Cc1ccccc1C2=O. The van der Waals surface area contributed by atoms with Crippen molar-refractivity contribution in [3.8, 4) is 0 Å². The molecule has 1 spiro atoms. The molecule has 1 heterocycles. The number of carbonyl (C=O) groups excluding carboxylic acids is 1. The van der Waals surface area contributed by atoms with E-state index in [2.05, 4.69) is 18.0 Å². The largest absolute Gasteiger partial charge is 0.294 e. The maximum atomic E-state index is 12.5. The Hall–Kier alpha value is -1.15. The second-order valence-corrected chi connectivity index (χ2v) is 5.07. The topological polar surface area (TPSA) is 20.3 Å². The van der Waals surface area contributed by atoms with Gasteiger partial charge in [0.25, 0.3) is 0 Å². The number of carbonyl (C=O) groups is 1. The average Bonchev–Trinajstić information content (AvgIpc) is 2.59. The van der Waals surface area contributed by atoms with Gasteiger partial charge in [-0.25, -0.2) is 0 Å². The van der Waals surface area contributed by atoms with Gasteiger partial charge in [-0.1, -0.05) is 24.3 Å². The fourth-order valence-electron chi connectivity index (χ4n) is 3.22. The van der Waals surface area contributed by atoms with Crippen molar-refractivity contribution in [3.05, 3.63) is 35.4 Å². The molecule has 1 aromatic carbocycles. The summed E-state index contributed by atoms with van der Waals surface area (Å²) in [5.74, 6) is 0.352. The molecule has 3 rings (SSSR count). The molecule has 0 bridgehead atoms. The standard InChI is InChI=1S/C14H17NO/c1-15-9-5-4-8-14(15)10-11-6-2-3-7-12(11)13(14)16/h2-3,6-7H,4-5,8-10H2,1H3. The van der Waals surface area contributed by atoms with Gasteiger partial charge < -0.3 is 0 Å². The molecule has 0 aromatic heterocycles. The Morgan fingerprint density at radius 2 is 2.06 bits per heavy atom. The van der Waals surface area contributed by atoms with Crippen molar-refractivity contribution in [2.24, 2.45) is 0 Å². The van der Waals surface area contributed by atoms with Gasteiger partial charge in [0, 0.05) is 5.56 Å². The number of nitrogens with zero attached hydrogens (tertiary/aromatic N) is 1. The molecule has 1 saturated heterocycles. The highest BCUT2D eigenvalue weighted by Crippen LogP contribution is 2.39. The van der Waals surface area contributed by atoms with Crippen LogP contribution < -0.4 is 0 Å². The average molecular weight is 215 g/mol.